The van der Waals surface area contributed by atoms with E-state index in [2.05, 4.69) is 47.7 Å². The summed E-state index contributed by atoms with van der Waals surface area (Å²) in [5, 5.41) is 9.36. The van der Waals surface area contributed by atoms with Crippen LogP contribution in [0.15, 0.2) is 54.0 Å². The number of nitrogens with one attached hydrogen (secondary N) is 1. The zero-order valence-corrected chi connectivity index (χ0v) is 14.7. The van der Waals surface area contributed by atoms with Gasteiger partial charge in [-0.2, -0.15) is 5.10 Å². The fourth-order valence-electron chi connectivity index (χ4n) is 2.65. The first-order valence-electron chi connectivity index (χ1n) is 7.99. The van der Waals surface area contributed by atoms with Crippen molar-refractivity contribution in [2.24, 2.45) is 7.05 Å². The molecular formula is C19H21N3OS. The fraction of sp³-hybridized carbons (Fsp3) is 0.263. The van der Waals surface area contributed by atoms with Crippen LogP contribution in [0.25, 0.3) is 0 Å². The van der Waals surface area contributed by atoms with Crippen molar-refractivity contribution in [2.45, 2.75) is 25.8 Å². The number of hydrogen-bond donors (Lipinski definition) is 1. The zero-order chi connectivity index (χ0) is 16.9. The van der Waals surface area contributed by atoms with Crippen LogP contribution in [0.4, 0.5) is 0 Å². The van der Waals surface area contributed by atoms with E-state index in [-0.39, 0.29) is 11.9 Å². The third kappa shape index (κ3) is 3.92. The third-order valence-electron chi connectivity index (χ3n) is 4.07. The first kappa shape index (κ1) is 16.5. The molecule has 124 valence electrons. The molecule has 0 bridgehead atoms. The topological polar surface area (TPSA) is 46.9 Å². The molecule has 1 aromatic carbocycles. The number of benzene rings is 1. The second-order valence-corrected chi connectivity index (χ2v) is 6.85. The van der Waals surface area contributed by atoms with Gasteiger partial charge >= 0.3 is 0 Å². The summed E-state index contributed by atoms with van der Waals surface area (Å²) >= 11 is 1.66. The van der Waals surface area contributed by atoms with Gasteiger partial charge in [0, 0.05) is 30.2 Å². The van der Waals surface area contributed by atoms with Gasteiger partial charge in [0.2, 0.25) is 5.91 Å². The van der Waals surface area contributed by atoms with Crippen molar-refractivity contribution in [1.82, 2.24) is 15.1 Å². The molecule has 1 N–H and O–H groups in total. The number of nitrogens with zero attached hydrogens (tertiary/aromatic N) is 2. The quantitative estimate of drug-likeness (QED) is 0.745. The van der Waals surface area contributed by atoms with Crippen LogP contribution in [0, 0.1) is 6.92 Å². The monoisotopic (exact) mass is 339 g/mol. The Kier molecular flexibility index (Phi) is 5.11. The van der Waals surface area contributed by atoms with Crippen LogP contribution >= 0.6 is 11.3 Å². The lowest BCUT2D eigenvalue weighted by molar-refractivity contribution is -0.121. The van der Waals surface area contributed by atoms with Crippen LogP contribution in [0.1, 0.15) is 34.2 Å². The number of rotatable bonds is 6. The van der Waals surface area contributed by atoms with Crippen molar-refractivity contribution in [1.29, 1.82) is 0 Å². The van der Waals surface area contributed by atoms with E-state index in [0.717, 1.165) is 16.1 Å². The molecule has 1 atom stereocenters. The molecule has 3 rings (SSSR count). The minimum atomic E-state index is -0.0929. The van der Waals surface area contributed by atoms with Crippen LogP contribution in [0.2, 0.25) is 0 Å². The number of amides is 1. The SMILES string of the molecule is Cc1ccc(C(NC(=O)CCc2ccnn2C)c2cccs2)cc1. The van der Waals surface area contributed by atoms with Gasteiger partial charge in [-0.25, -0.2) is 0 Å². The molecule has 1 amide bonds. The number of aromatic nitrogens is 2. The molecule has 2 aromatic heterocycles. The molecule has 0 saturated carbocycles. The Hall–Kier alpha value is -2.40. The number of carbonyl (C=O) groups is 1. The summed E-state index contributed by atoms with van der Waals surface area (Å²) in [5.74, 6) is 0.0511. The van der Waals surface area contributed by atoms with Crippen molar-refractivity contribution in [3.63, 3.8) is 0 Å². The second-order valence-electron chi connectivity index (χ2n) is 5.87. The minimum absolute atomic E-state index is 0.0511. The maximum absolute atomic E-state index is 12.5. The number of hydrogen-bond acceptors (Lipinski definition) is 3. The maximum atomic E-state index is 12.5. The summed E-state index contributed by atoms with van der Waals surface area (Å²) in [5.41, 5.74) is 3.39. The largest absolute Gasteiger partial charge is 0.344 e. The number of aryl methyl sites for hydroxylation is 3. The third-order valence-corrected chi connectivity index (χ3v) is 5.01. The lowest BCUT2D eigenvalue weighted by Crippen LogP contribution is -2.29. The Morgan fingerprint density at radius 1 is 1.25 bits per heavy atom. The van der Waals surface area contributed by atoms with Gasteiger partial charge in [0.1, 0.15) is 0 Å². The molecule has 0 aliphatic rings. The van der Waals surface area contributed by atoms with Crippen LogP contribution in [0.5, 0.6) is 0 Å². The van der Waals surface area contributed by atoms with Crippen LogP contribution < -0.4 is 5.32 Å². The van der Waals surface area contributed by atoms with Crippen molar-refractivity contribution < 1.29 is 4.79 Å². The summed E-state index contributed by atoms with van der Waals surface area (Å²) < 4.78 is 1.81. The fourth-order valence-corrected chi connectivity index (χ4v) is 3.46. The van der Waals surface area contributed by atoms with Crippen molar-refractivity contribution in [3.8, 4) is 0 Å². The van der Waals surface area contributed by atoms with E-state index in [1.165, 1.54) is 5.56 Å². The molecule has 0 aliphatic carbocycles. The molecule has 4 nitrogen and oxygen atoms in total. The molecule has 0 aliphatic heterocycles. The van der Waals surface area contributed by atoms with Gasteiger partial charge in [0.25, 0.3) is 0 Å². The summed E-state index contributed by atoms with van der Waals surface area (Å²) in [7, 11) is 1.90. The molecule has 1 unspecified atom stereocenters. The van der Waals surface area contributed by atoms with Gasteiger partial charge in [0.05, 0.1) is 6.04 Å². The average Bonchev–Trinajstić information content (AvgIpc) is 3.23. The Balaban J connectivity index is 1.71. The maximum Gasteiger partial charge on any atom is 0.221 e. The standard InChI is InChI=1S/C19H21N3OS/c1-14-5-7-15(8-6-14)19(17-4-3-13-24-17)21-18(23)10-9-16-11-12-20-22(16)2/h3-8,11-13,19H,9-10H2,1-2H3,(H,21,23). The van der Waals surface area contributed by atoms with Crippen molar-refractivity contribution in [2.75, 3.05) is 0 Å². The molecule has 2 heterocycles. The average molecular weight is 339 g/mol. The summed E-state index contributed by atoms with van der Waals surface area (Å²) in [6.07, 6.45) is 2.90. The van der Waals surface area contributed by atoms with Crippen molar-refractivity contribution in [3.05, 3.63) is 75.7 Å². The van der Waals surface area contributed by atoms with E-state index < -0.39 is 0 Å². The molecule has 0 radical (unpaired) electrons. The number of thiophene rings is 1. The Labute approximate surface area is 146 Å². The highest BCUT2D eigenvalue weighted by atomic mass is 32.1. The van der Waals surface area contributed by atoms with Crippen LogP contribution in [0.3, 0.4) is 0 Å². The van der Waals surface area contributed by atoms with Crippen LogP contribution in [-0.4, -0.2) is 15.7 Å². The summed E-state index contributed by atoms with van der Waals surface area (Å²) in [6.45, 7) is 2.07. The Morgan fingerprint density at radius 3 is 2.67 bits per heavy atom. The highest BCUT2D eigenvalue weighted by Crippen LogP contribution is 2.26. The highest BCUT2D eigenvalue weighted by Gasteiger charge is 2.18. The van der Waals surface area contributed by atoms with E-state index in [4.69, 9.17) is 0 Å². The molecule has 0 spiro atoms. The Morgan fingerprint density at radius 2 is 2.04 bits per heavy atom. The van der Waals surface area contributed by atoms with Gasteiger partial charge in [-0.3, -0.25) is 9.48 Å². The van der Waals surface area contributed by atoms with Gasteiger partial charge in [-0.1, -0.05) is 35.9 Å². The number of carbonyl (C=O) groups excluding carboxylic acids is 1. The van der Waals surface area contributed by atoms with E-state index >= 15 is 0 Å². The first-order valence-corrected chi connectivity index (χ1v) is 8.87. The Bertz CT molecular complexity index is 790. The molecule has 5 heteroatoms. The second kappa shape index (κ2) is 7.45. The predicted molar refractivity (Wildman–Crippen MR) is 97.0 cm³/mol. The van der Waals surface area contributed by atoms with Gasteiger partial charge in [-0.05, 0) is 36.4 Å². The molecule has 0 fully saturated rings. The van der Waals surface area contributed by atoms with Crippen molar-refractivity contribution >= 4 is 17.2 Å². The van der Waals surface area contributed by atoms with Gasteiger partial charge < -0.3 is 5.32 Å². The van der Waals surface area contributed by atoms with Gasteiger partial charge in [-0.15, -0.1) is 11.3 Å². The lowest BCUT2D eigenvalue weighted by atomic mass is 10.0. The smallest absolute Gasteiger partial charge is 0.221 e. The molecule has 0 saturated heterocycles. The molecular weight excluding hydrogens is 318 g/mol. The summed E-state index contributed by atoms with van der Waals surface area (Å²) in [4.78, 5) is 13.6. The minimum Gasteiger partial charge on any atom is -0.344 e. The lowest BCUT2D eigenvalue weighted by Gasteiger charge is -2.18. The van der Waals surface area contributed by atoms with Gasteiger partial charge in [0.15, 0.2) is 0 Å². The van der Waals surface area contributed by atoms with E-state index in [9.17, 15) is 4.79 Å². The highest BCUT2D eigenvalue weighted by molar-refractivity contribution is 7.10. The molecule has 24 heavy (non-hydrogen) atoms. The molecule has 3 aromatic rings. The summed E-state index contributed by atoms with van der Waals surface area (Å²) in [6, 6.07) is 14.3. The van der Waals surface area contributed by atoms with E-state index in [1.807, 2.05) is 29.2 Å². The van der Waals surface area contributed by atoms with E-state index in [1.54, 1.807) is 17.5 Å². The predicted octanol–water partition coefficient (Wildman–Crippen LogP) is 3.63. The zero-order valence-electron chi connectivity index (χ0n) is 13.9. The normalized spacial score (nSPS) is 12.1. The first-order chi connectivity index (χ1) is 11.6. The van der Waals surface area contributed by atoms with Crippen LogP contribution in [-0.2, 0) is 18.3 Å². The van der Waals surface area contributed by atoms with E-state index in [0.29, 0.717) is 12.8 Å².